The van der Waals surface area contributed by atoms with Gasteiger partial charge >= 0.3 is 6.36 Å². The van der Waals surface area contributed by atoms with E-state index in [0.29, 0.717) is 5.56 Å². The summed E-state index contributed by atoms with van der Waals surface area (Å²) in [6.07, 6.45) is 0.711. The third kappa shape index (κ3) is 4.70. The standard InChI is InChI=1S/C16H15F3N2O2/c1-11(2)21-10-13(9-20-21)14(22)8-7-12-5-3-4-6-15(12)23-16(17,18)19/h3-11H,1-2H3/b8-7+. The van der Waals surface area contributed by atoms with Gasteiger partial charge in [0.05, 0.1) is 11.8 Å². The van der Waals surface area contributed by atoms with Crippen LogP contribution >= 0.6 is 0 Å². The first-order valence-electron chi connectivity index (χ1n) is 6.87. The van der Waals surface area contributed by atoms with E-state index in [1.54, 1.807) is 16.9 Å². The summed E-state index contributed by atoms with van der Waals surface area (Å²) in [6, 6.07) is 5.72. The second kappa shape index (κ2) is 6.68. The quantitative estimate of drug-likeness (QED) is 0.610. The zero-order valence-electron chi connectivity index (χ0n) is 12.5. The van der Waals surface area contributed by atoms with Crippen LogP contribution in [0.15, 0.2) is 42.7 Å². The minimum absolute atomic E-state index is 0.112. The second-order valence-corrected chi connectivity index (χ2v) is 5.09. The van der Waals surface area contributed by atoms with Crippen molar-refractivity contribution in [3.63, 3.8) is 0 Å². The molecule has 0 amide bonds. The van der Waals surface area contributed by atoms with Crippen molar-refractivity contribution in [2.75, 3.05) is 0 Å². The molecule has 0 unspecified atom stereocenters. The number of aromatic nitrogens is 2. The number of hydrogen-bond acceptors (Lipinski definition) is 3. The maximum absolute atomic E-state index is 12.3. The minimum atomic E-state index is -4.79. The highest BCUT2D eigenvalue weighted by atomic mass is 19.4. The molecule has 2 aromatic rings. The highest BCUT2D eigenvalue weighted by Gasteiger charge is 2.31. The topological polar surface area (TPSA) is 44.1 Å². The summed E-state index contributed by atoms with van der Waals surface area (Å²) >= 11 is 0. The average Bonchev–Trinajstić information content (AvgIpc) is 2.94. The van der Waals surface area contributed by atoms with Crippen LogP contribution in [-0.2, 0) is 0 Å². The van der Waals surface area contributed by atoms with E-state index in [4.69, 9.17) is 0 Å². The van der Waals surface area contributed by atoms with Crippen LogP contribution in [-0.4, -0.2) is 21.9 Å². The molecule has 122 valence electrons. The van der Waals surface area contributed by atoms with E-state index in [-0.39, 0.29) is 23.1 Å². The van der Waals surface area contributed by atoms with E-state index >= 15 is 0 Å². The number of ether oxygens (including phenoxy) is 1. The van der Waals surface area contributed by atoms with E-state index < -0.39 is 6.36 Å². The highest BCUT2D eigenvalue weighted by Crippen LogP contribution is 2.27. The molecular formula is C16H15F3N2O2. The molecule has 1 aromatic heterocycles. The Morgan fingerprint density at radius 2 is 2.00 bits per heavy atom. The Hall–Kier alpha value is -2.57. The lowest BCUT2D eigenvalue weighted by molar-refractivity contribution is -0.274. The molecule has 0 saturated carbocycles. The summed E-state index contributed by atoms with van der Waals surface area (Å²) in [6.45, 7) is 3.84. The maximum Gasteiger partial charge on any atom is 0.573 e. The first kappa shape index (κ1) is 16.8. The number of allylic oxidation sites excluding steroid dienone is 1. The Bertz CT molecular complexity index is 718. The van der Waals surface area contributed by atoms with Crippen LogP contribution in [0.25, 0.3) is 6.08 Å². The monoisotopic (exact) mass is 324 g/mol. The Labute approximate surface area is 131 Å². The van der Waals surface area contributed by atoms with Crippen LogP contribution in [0.3, 0.4) is 0 Å². The molecule has 4 nitrogen and oxygen atoms in total. The predicted molar refractivity (Wildman–Crippen MR) is 79.1 cm³/mol. The molecule has 0 N–H and O–H groups in total. The van der Waals surface area contributed by atoms with Crippen LogP contribution in [0.1, 0.15) is 35.8 Å². The lowest BCUT2D eigenvalue weighted by atomic mass is 10.1. The molecule has 1 aromatic carbocycles. The fourth-order valence-corrected chi connectivity index (χ4v) is 1.85. The van der Waals surface area contributed by atoms with Crippen molar-refractivity contribution in [3.8, 4) is 5.75 Å². The lowest BCUT2D eigenvalue weighted by Gasteiger charge is -2.10. The summed E-state index contributed by atoms with van der Waals surface area (Å²) in [7, 11) is 0. The molecule has 0 bridgehead atoms. The van der Waals surface area contributed by atoms with Crippen molar-refractivity contribution < 1.29 is 22.7 Å². The van der Waals surface area contributed by atoms with Gasteiger partial charge < -0.3 is 4.74 Å². The SMILES string of the molecule is CC(C)n1cc(C(=O)/C=C/c2ccccc2OC(F)(F)F)cn1. The van der Waals surface area contributed by atoms with Crippen molar-refractivity contribution in [1.29, 1.82) is 0 Å². The summed E-state index contributed by atoms with van der Waals surface area (Å²) in [4.78, 5) is 12.0. The Morgan fingerprint density at radius 3 is 2.61 bits per heavy atom. The van der Waals surface area contributed by atoms with Gasteiger partial charge in [0.25, 0.3) is 0 Å². The molecule has 0 atom stereocenters. The van der Waals surface area contributed by atoms with Crippen LogP contribution in [0.4, 0.5) is 13.2 Å². The summed E-state index contributed by atoms with van der Waals surface area (Å²) in [5.74, 6) is -0.708. The average molecular weight is 324 g/mol. The molecule has 0 saturated heterocycles. The van der Waals surface area contributed by atoms with Crippen molar-refractivity contribution >= 4 is 11.9 Å². The molecule has 2 rings (SSSR count). The van der Waals surface area contributed by atoms with E-state index in [2.05, 4.69) is 9.84 Å². The normalized spacial score (nSPS) is 12.1. The van der Waals surface area contributed by atoms with E-state index in [0.717, 1.165) is 0 Å². The molecule has 1 heterocycles. The number of carbonyl (C=O) groups is 1. The number of para-hydroxylation sites is 1. The molecule has 7 heteroatoms. The van der Waals surface area contributed by atoms with Gasteiger partial charge in [-0.05, 0) is 32.1 Å². The Morgan fingerprint density at radius 1 is 1.30 bits per heavy atom. The third-order valence-corrected chi connectivity index (χ3v) is 2.97. The third-order valence-electron chi connectivity index (χ3n) is 2.97. The predicted octanol–water partition coefficient (Wildman–Crippen LogP) is 4.26. The van der Waals surface area contributed by atoms with Gasteiger partial charge in [-0.15, -0.1) is 13.2 Å². The van der Waals surface area contributed by atoms with Crippen molar-refractivity contribution in [2.24, 2.45) is 0 Å². The number of hydrogen-bond donors (Lipinski definition) is 0. The zero-order chi connectivity index (χ0) is 17.0. The van der Waals surface area contributed by atoms with Crippen molar-refractivity contribution in [3.05, 3.63) is 53.9 Å². The van der Waals surface area contributed by atoms with Gasteiger partial charge in [0.1, 0.15) is 5.75 Å². The van der Waals surface area contributed by atoms with Gasteiger partial charge in [0.2, 0.25) is 0 Å². The zero-order valence-corrected chi connectivity index (χ0v) is 12.5. The van der Waals surface area contributed by atoms with Crippen LogP contribution in [0.2, 0.25) is 0 Å². The summed E-state index contributed by atoms with van der Waals surface area (Å²) < 4.78 is 42.6. The molecule has 0 aliphatic rings. The number of alkyl halides is 3. The first-order chi connectivity index (χ1) is 10.8. The Balaban J connectivity index is 2.17. The number of carbonyl (C=O) groups excluding carboxylic acids is 1. The molecule has 23 heavy (non-hydrogen) atoms. The van der Waals surface area contributed by atoms with Gasteiger partial charge in [0.15, 0.2) is 5.78 Å². The Kier molecular flexibility index (Phi) is 4.88. The van der Waals surface area contributed by atoms with E-state index in [1.165, 1.54) is 36.5 Å². The lowest BCUT2D eigenvalue weighted by Crippen LogP contribution is -2.17. The van der Waals surface area contributed by atoms with Crippen LogP contribution in [0, 0.1) is 0 Å². The van der Waals surface area contributed by atoms with Gasteiger partial charge in [-0.1, -0.05) is 18.2 Å². The second-order valence-electron chi connectivity index (χ2n) is 5.09. The van der Waals surface area contributed by atoms with Crippen LogP contribution < -0.4 is 4.74 Å². The maximum atomic E-state index is 12.3. The fourth-order valence-electron chi connectivity index (χ4n) is 1.85. The fraction of sp³-hybridized carbons (Fsp3) is 0.250. The largest absolute Gasteiger partial charge is 0.573 e. The molecule has 0 fully saturated rings. The number of halogens is 3. The molecule has 0 aliphatic heterocycles. The van der Waals surface area contributed by atoms with E-state index in [9.17, 15) is 18.0 Å². The van der Waals surface area contributed by atoms with Gasteiger partial charge in [-0.2, -0.15) is 5.10 Å². The number of nitrogens with zero attached hydrogens (tertiary/aromatic N) is 2. The molecule has 0 aliphatic carbocycles. The van der Waals surface area contributed by atoms with E-state index in [1.807, 2.05) is 13.8 Å². The smallest absolute Gasteiger partial charge is 0.405 e. The number of rotatable bonds is 5. The van der Waals surface area contributed by atoms with Crippen molar-refractivity contribution in [1.82, 2.24) is 9.78 Å². The molecule has 0 spiro atoms. The molecular weight excluding hydrogens is 309 g/mol. The summed E-state index contributed by atoms with van der Waals surface area (Å²) in [5, 5.41) is 4.05. The van der Waals surface area contributed by atoms with Crippen molar-refractivity contribution in [2.45, 2.75) is 26.3 Å². The number of ketones is 1. The molecule has 0 radical (unpaired) electrons. The highest BCUT2D eigenvalue weighted by molar-refractivity contribution is 6.06. The van der Waals surface area contributed by atoms with Gasteiger partial charge in [0, 0.05) is 17.8 Å². The van der Waals surface area contributed by atoms with Gasteiger partial charge in [-0.25, -0.2) is 0 Å². The number of benzene rings is 1. The van der Waals surface area contributed by atoms with Crippen LogP contribution in [0.5, 0.6) is 5.75 Å². The summed E-state index contributed by atoms with van der Waals surface area (Å²) in [5.41, 5.74) is 0.526. The van der Waals surface area contributed by atoms with Gasteiger partial charge in [-0.3, -0.25) is 9.48 Å². The minimum Gasteiger partial charge on any atom is -0.405 e. The first-order valence-corrected chi connectivity index (χ1v) is 6.87.